The van der Waals surface area contributed by atoms with Crippen LogP contribution >= 0.6 is 0 Å². The summed E-state index contributed by atoms with van der Waals surface area (Å²) in [6.07, 6.45) is 4.54. The molecule has 138 valence electrons. The predicted molar refractivity (Wildman–Crippen MR) is 106 cm³/mol. The summed E-state index contributed by atoms with van der Waals surface area (Å²) >= 11 is 0. The first-order valence-corrected chi connectivity index (χ1v) is 9.79. The maximum atomic E-state index is 12.8. The first kappa shape index (κ1) is 16.5. The van der Waals surface area contributed by atoms with Gasteiger partial charge in [0.1, 0.15) is 5.82 Å². The van der Waals surface area contributed by atoms with Gasteiger partial charge in [-0.05, 0) is 62.9 Å². The van der Waals surface area contributed by atoms with Crippen LogP contribution in [-0.2, 0) is 0 Å². The third-order valence-corrected chi connectivity index (χ3v) is 5.91. The summed E-state index contributed by atoms with van der Waals surface area (Å²) in [5.41, 5.74) is 3.65. The average molecular weight is 360 g/mol. The molecule has 0 radical (unpaired) electrons. The second kappa shape index (κ2) is 6.50. The van der Waals surface area contributed by atoms with E-state index in [4.69, 9.17) is 0 Å². The molecule has 1 aromatic heterocycles. The Bertz CT molecular complexity index is 982. The Morgan fingerprint density at radius 3 is 2.59 bits per heavy atom. The maximum Gasteiger partial charge on any atom is 0.251 e. The highest BCUT2D eigenvalue weighted by Crippen LogP contribution is 2.27. The van der Waals surface area contributed by atoms with Crippen molar-refractivity contribution >= 4 is 16.9 Å². The predicted octanol–water partition coefficient (Wildman–Crippen LogP) is 3.35. The maximum absolute atomic E-state index is 12.8. The Kier molecular flexibility index (Phi) is 3.97. The first-order chi connectivity index (χ1) is 13.2. The van der Waals surface area contributed by atoms with Crippen LogP contribution in [0, 0.1) is 6.92 Å². The van der Waals surface area contributed by atoms with E-state index in [1.807, 2.05) is 43.3 Å². The molecule has 3 heterocycles. The van der Waals surface area contributed by atoms with E-state index in [9.17, 15) is 4.79 Å². The normalized spacial score (nSPS) is 24.3. The quantitative estimate of drug-likeness (QED) is 0.753. The van der Waals surface area contributed by atoms with E-state index in [1.165, 1.54) is 12.8 Å². The average Bonchev–Trinajstić information content (AvgIpc) is 3.19. The Hall–Kier alpha value is -2.66. The van der Waals surface area contributed by atoms with Crippen molar-refractivity contribution in [1.29, 1.82) is 0 Å². The van der Waals surface area contributed by atoms with Crippen LogP contribution in [0.1, 0.15) is 41.9 Å². The van der Waals surface area contributed by atoms with E-state index in [0.29, 0.717) is 17.6 Å². The fourth-order valence-electron chi connectivity index (χ4n) is 4.69. The minimum absolute atomic E-state index is 0.00936. The fourth-order valence-corrected chi connectivity index (χ4v) is 4.69. The molecule has 5 rings (SSSR count). The molecule has 5 nitrogen and oxygen atoms in total. The number of nitrogens with one attached hydrogen (secondary N) is 2. The van der Waals surface area contributed by atoms with Gasteiger partial charge in [0, 0.05) is 29.4 Å². The number of aromatic nitrogens is 2. The molecule has 2 saturated heterocycles. The number of nitrogens with zero attached hydrogens (tertiary/aromatic N) is 2. The summed E-state index contributed by atoms with van der Waals surface area (Å²) < 4.78 is 2.13. The Balaban J connectivity index is 1.41. The molecule has 2 unspecified atom stereocenters. The van der Waals surface area contributed by atoms with Gasteiger partial charge in [-0.3, -0.25) is 9.36 Å². The standard InChI is InChI=1S/C22H24N4O/c1-14-23-20-11-15(7-10-21(20)26(14)19-5-3-2-4-6-19)22(27)25-18-12-16-8-9-17(13-18)24-16/h2-7,10-11,16-18,24H,8-9,12-13H2,1H3,(H,25,27). The smallest absolute Gasteiger partial charge is 0.251 e. The van der Waals surface area contributed by atoms with E-state index in [1.54, 1.807) is 0 Å². The lowest BCUT2D eigenvalue weighted by Gasteiger charge is -2.29. The van der Waals surface area contributed by atoms with Crippen molar-refractivity contribution in [3.05, 3.63) is 59.9 Å². The molecule has 2 atom stereocenters. The molecule has 0 aliphatic carbocycles. The zero-order valence-corrected chi connectivity index (χ0v) is 15.5. The molecule has 2 aliphatic heterocycles. The van der Waals surface area contributed by atoms with Gasteiger partial charge in [0.15, 0.2) is 0 Å². The van der Waals surface area contributed by atoms with E-state index in [-0.39, 0.29) is 11.9 Å². The number of aryl methyl sites for hydroxylation is 1. The van der Waals surface area contributed by atoms with Crippen LogP contribution in [0.5, 0.6) is 0 Å². The molecular weight excluding hydrogens is 336 g/mol. The van der Waals surface area contributed by atoms with Gasteiger partial charge in [-0.1, -0.05) is 18.2 Å². The molecule has 1 amide bonds. The number of hydrogen-bond acceptors (Lipinski definition) is 3. The number of piperidine rings is 1. The topological polar surface area (TPSA) is 59.0 Å². The van der Waals surface area contributed by atoms with E-state index in [0.717, 1.165) is 35.4 Å². The Labute approximate surface area is 158 Å². The molecule has 3 aromatic rings. The van der Waals surface area contributed by atoms with Gasteiger partial charge < -0.3 is 10.6 Å². The highest BCUT2D eigenvalue weighted by atomic mass is 16.1. The number of rotatable bonds is 3. The SMILES string of the molecule is Cc1nc2cc(C(=O)NC3CC4CCC(C3)N4)ccc2n1-c1ccccc1. The van der Waals surface area contributed by atoms with Crippen molar-refractivity contribution in [2.45, 2.75) is 50.7 Å². The third-order valence-electron chi connectivity index (χ3n) is 5.91. The summed E-state index contributed by atoms with van der Waals surface area (Å²) in [6.45, 7) is 2.00. The van der Waals surface area contributed by atoms with Crippen molar-refractivity contribution < 1.29 is 4.79 Å². The summed E-state index contributed by atoms with van der Waals surface area (Å²) in [7, 11) is 0. The molecule has 2 bridgehead atoms. The zero-order chi connectivity index (χ0) is 18.4. The highest BCUT2D eigenvalue weighted by Gasteiger charge is 2.34. The lowest BCUT2D eigenvalue weighted by Crippen LogP contribution is -2.48. The number of carbonyl (C=O) groups excluding carboxylic acids is 1. The van der Waals surface area contributed by atoms with E-state index in [2.05, 4.69) is 32.3 Å². The molecule has 2 N–H and O–H groups in total. The number of para-hydroxylation sites is 1. The van der Waals surface area contributed by atoms with Crippen LogP contribution in [-0.4, -0.2) is 33.6 Å². The van der Waals surface area contributed by atoms with Crippen molar-refractivity contribution in [2.75, 3.05) is 0 Å². The molecule has 0 saturated carbocycles. The zero-order valence-electron chi connectivity index (χ0n) is 15.5. The number of benzene rings is 2. The van der Waals surface area contributed by atoms with Crippen molar-refractivity contribution in [2.24, 2.45) is 0 Å². The molecule has 2 fully saturated rings. The lowest BCUT2D eigenvalue weighted by molar-refractivity contribution is 0.0924. The second-order valence-electron chi connectivity index (χ2n) is 7.81. The number of imidazole rings is 1. The summed E-state index contributed by atoms with van der Waals surface area (Å²) in [5.74, 6) is 0.929. The second-order valence-corrected chi connectivity index (χ2v) is 7.81. The Morgan fingerprint density at radius 2 is 1.85 bits per heavy atom. The van der Waals surface area contributed by atoms with Gasteiger partial charge in [0.05, 0.1) is 11.0 Å². The van der Waals surface area contributed by atoms with Crippen LogP contribution in [0.2, 0.25) is 0 Å². The van der Waals surface area contributed by atoms with Crippen LogP contribution in [0.25, 0.3) is 16.7 Å². The van der Waals surface area contributed by atoms with Crippen LogP contribution < -0.4 is 10.6 Å². The number of hydrogen-bond donors (Lipinski definition) is 2. The van der Waals surface area contributed by atoms with Crippen LogP contribution in [0.3, 0.4) is 0 Å². The largest absolute Gasteiger partial charge is 0.349 e. The Morgan fingerprint density at radius 1 is 1.11 bits per heavy atom. The molecule has 27 heavy (non-hydrogen) atoms. The number of fused-ring (bicyclic) bond motifs is 3. The van der Waals surface area contributed by atoms with Gasteiger partial charge in [0.25, 0.3) is 5.91 Å². The summed E-state index contributed by atoms with van der Waals surface area (Å²) in [6, 6.07) is 17.4. The van der Waals surface area contributed by atoms with Gasteiger partial charge in [-0.2, -0.15) is 0 Å². The van der Waals surface area contributed by atoms with Gasteiger partial charge in [-0.15, -0.1) is 0 Å². The molecule has 2 aromatic carbocycles. The van der Waals surface area contributed by atoms with Gasteiger partial charge in [0.2, 0.25) is 0 Å². The number of carbonyl (C=O) groups is 1. The highest BCUT2D eigenvalue weighted by molar-refractivity contribution is 5.97. The third kappa shape index (κ3) is 3.02. The summed E-state index contributed by atoms with van der Waals surface area (Å²) in [4.78, 5) is 17.5. The fraction of sp³-hybridized carbons (Fsp3) is 0.364. The van der Waals surface area contributed by atoms with Crippen LogP contribution in [0.15, 0.2) is 48.5 Å². The minimum atomic E-state index is 0.00936. The summed E-state index contributed by atoms with van der Waals surface area (Å²) in [5, 5.41) is 6.86. The van der Waals surface area contributed by atoms with Crippen LogP contribution in [0.4, 0.5) is 0 Å². The molecule has 2 aliphatic rings. The van der Waals surface area contributed by atoms with Gasteiger partial charge >= 0.3 is 0 Å². The van der Waals surface area contributed by atoms with Crippen molar-refractivity contribution in [1.82, 2.24) is 20.2 Å². The van der Waals surface area contributed by atoms with Crippen molar-refractivity contribution in [3.8, 4) is 5.69 Å². The van der Waals surface area contributed by atoms with E-state index < -0.39 is 0 Å². The van der Waals surface area contributed by atoms with Crippen molar-refractivity contribution in [3.63, 3.8) is 0 Å². The molecule has 0 spiro atoms. The molecular formula is C22H24N4O. The minimum Gasteiger partial charge on any atom is -0.349 e. The van der Waals surface area contributed by atoms with E-state index >= 15 is 0 Å². The lowest BCUT2D eigenvalue weighted by atomic mass is 9.99. The monoisotopic (exact) mass is 360 g/mol. The number of amides is 1. The first-order valence-electron chi connectivity index (χ1n) is 9.79. The van der Waals surface area contributed by atoms with Gasteiger partial charge in [-0.25, -0.2) is 4.98 Å². The molecule has 5 heteroatoms.